The maximum atomic E-state index is 9.73. The van der Waals surface area contributed by atoms with Crippen LogP contribution in [-0.2, 0) is 6.42 Å². The van der Waals surface area contributed by atoms with E-state index in [1.807, 2.05) is 24.3 Å². The Balaban J connectivity index is 2.37. The van der Waals surface area contributed by atoms with Gasteiger partial charge in [0.2, 0.25) is 0 Å². The molecule has 1 atom stereocenters. The lowest BCUT2D eigenvalue weighted by Crippen LogP contribution is -2.32. The van der Waals surface area contributed by atoms with Crippen LogP contribution in [0, 0.1) is 0 Å². The minimum absolute atomic E-state index is 0.337. The van der Waals surface area contributed by atoms with Crippen molar-refractivity contribution in [3.05, 3.63) is 29.8 Å². The van der Waals surface area contributed by atoms with Gasteiger partial charge in [-0.15, -0.1) is 0 Å². The van der Waals surface area contributed by atoms with E-state index >= 15 is 0 Å². The summed E-state index contributed by atoms with van der Waals surface area (Å²) >= 11 is 0. The Bertz CT molecular complexity index is 282. The van der Waals surface area contributed by atoms with E-state index < -0.39 is 0 Å². The summed E-state index contributed by atoms with van der Waals surface area (Å²) < 4.78 is 0. The molecule has 0 bridgehead atoms. The molecule has 3 nitrogen and oxygen atoms in total. The Morgan fingerprint density at radius 1 is 1.27 bits per heavy atom. The molecule has 4 N–H and O–H groups in total. The van der Waals surface area contributed by atoms with Gasteiger partial charge in [-0.3, -0.25) is 0 Å². The van der Waals surface area contributed by atoms with Crippen LogP contribution in [0.5, 0.6) is 0 Å². The maximum absolute atomic E-state index is 9.73. The maximum Gasteiger partial charge on any atom is 0.0704 e. The molecule has 0 spiro atoms. The van der Waals surface area contributed by atoms with Crippen LogP contribution in [0.25, 0.3) is 0 Å². The molecule has 1 aromatic rings. The first-order valence-electron chi connectivity index (χ1n) is 5.34. The summed E-state index contributed by atoms with van der Waals surface area (Å²) in [6.45, 7) is 4.76. The monoisotopic (exact) mass is 208 g/mol. The Morgan fingerprint density at radius 3 is 2.40 bits per heavy atom. The normalized spacial score (nSPS) is 13.1. The molecule has 0 saturated carbocycles. The van der Waals surface area contributed by atoms with E-state index in [9.17, 15) is 5.11 Å². The fraction of sp³-hybridized carbons (Fsp3) is 0.500. The van der Waals surface area contributed by atoms with Crippen LogP contribution in [0.2, 0.25) is 0 Å². The number of nitrogens with one attached hydrogen (secondary N) is 1. The number of aliphatic hydroxyl groups excluding tert-OH is 1. The predicted octanol–water partition coefficient (Wildman–Crippen LogP) is 1.17. The van der Waals surface area contributed by atoms with Gasteiger partial charge >= 0.3 is 0 Å². The van der Waals surface area contributed by atoms with Gasteiger partial charge in [-0.25, -0.2) is 0 Å². The smallest absolute Gasteiger partial charge is 0.0704 e. The minimum atomic E-state index is -0.337. The lowest BCUT2D eigenvalue weighted by Gasteiger charge is -2.14. The largest absolute Gasteiger partial charge is 0.399 e. The second-order valence-electron chi connectivity index (χ2n) is 4.16. The third kappa shape index (κ3) is 4.81. The van der Waals surface area contributed by atoms with Gasteiger partial charge in [0, 0.05) is 18.3 Å². The van der Waals surface area contributed by atoms with Gasteiger partial charge in [0.25, 0.3) is 0 Å². The summed E-state index contributed by atoms with van der Waals surface area (Å²) in [6, 6.07) is 8.03. The second kappa shape index (κ2) is 5.73. The number of hydrogen-bond donors (Lipinski definition) is 3. The molecule has 0 radical (unpaired) electrons. The molecule has 3 heteroatoms. The zero-order chi connectivity index (χ0) is 11.3. The molecule has 84 valence electrons. The molecule has 0 aliphatic rings. The summed E-state index contributed by atoms with van der Waals surface area (Å²) in [5, 5.41) is 12.9. The first kappa shape index (κ1) is 12.0. The molecule has 1 unspecified atom stereocenters. The quantitative estimate of drug-likeness (QED) is 0.637. The van der Waals surface area contributed by atoms with Crippen LogP contribution in [0.3, 0.4) is 0 Å². The molecule has 1 rings (SSSR count). The highest BCUT2D eigenvalue weighted by Crippen LogP contribution is 2.07. The Hall–Kier alpha value is -1.06. The molecule has 1 aromatic carbocycles. The second-order valence-corrected chi connectivity index (χ2v) is 4.16. The molecule has 15 heavy (non-hydrogen) atoms. The zero-order valence-corrected chi connectivity index (χ0v) is 9.40. The number of nitrogen functional groups attached to an aromatic ring is 1. The lowest BCUT2D eigenvalue weighted by molar-refractivity contribution is 0.169. The van der Waals surface area contributed by atoms with Crippen LogP contribution >= 0.6 is 0 Å². The number of rotatable bonds is 5. The van der Waals surface area contributed by atoms with Gasteiger partial charge < -0.3 is 16.2 Å². The van der Waals surface area contributed by atoms with E-state index in [4.69, 9.17) is 5.73 Å². The van der Waals surface area contributed by atoms with Gasteiger partial charge in [-0.1, -0.05) is 26.0 Å². The van der Waals surface area contributed by atoms with Crippen molar-refractivity contribution in [2.45, 2.75) is 32.4 Å². The highest BCUT2D eigenvalue weighted by Gasteiger charge is 2.05. The predicted molar refractivity (Wildman–Crippen MR) is 63.7 cm³/mol. The minimum Gasteiger partial charge on any atom is -0.399 e. The van der Waals surface area contributed by atoms with Crippen molar-refractivity contribution >= 4 is 5.69 Å². The van der Waals surface area contributed by atoms with Crippen molar-refractivity contribution < 1.29 is 5.11 Å². The number of aliphatic hydroxyl groups is 1. The fourth-order valence-corrected chi connectivity index (χ4v) is 1.37. The van der Waals surface area contributed by atoms with E-state index in [0.717, 1.165) is 11.3 Å². The van der Waals surface area contributed by atoms with Gasteiger partial charge in [-0.05, 0) is 24.1 Å². The Labute approximate surface area is 91.3 Å². The van der Waals surface area contributed by atoms with Gasteiger partial charge in [0.15, 0.2) is 0 Å². The molecule has 0 fully saturated rings. The fourth-order valence-electron chi connectivity index (χ4n) is 1.37. The zero-order valence-electron chi connectivity index (χ0n) is 9.40. The Kier molecular flexibility index (Phi) is 4.59. The molecular formula is C12H20N2O. The summed E-state index contributed by atoms with van der Waals surface area (Å²) in [6.07, 6.45) is 0.330. The first-order chi connectivity index (χ1) is 7.08. The summed E-state index contributed by atoms with van der Waals surface area (Å²) in [5.74, 6) is 0. The van der Waals surface area contributed by atoms with E-state index in [2.05, 4.69) is 19.2 Å². The SMILES string of the molecule is CC(C)NCC(O)Cc1ccc(N)cc1. The van der Waals surface area contributed by atoms with Gasteiger partial charge in [0.1, 0.15) is 0 Å². The van der Waals surface area contributed by atoms with E-state index in [-0.39, 0.29) is 6.10 Å². The van der Waals surface area contributed by atoms with E-state index in [1.165, 1.54) is 0 Å². The third-order valence-corrected chi connectivity index (χ3v) is 2.21. The molecule has 0 amide bonds. The topological polar surface area (TPSA) is 58.3 Å². The molecule has 0 aromatic heterocycles. The molecule has 0 saturated heterocycles. The first-order valence-corrected chi connectivity index (χ1v) is 5.34. The van der Waals surface area contributed by atoms with Crippen LogP contribution < -0.4 is 11.1 Å². The number of anilines is 1. The Morgan fingerprint density at radius 2 is 1.87 bits per heavy atom. The highest BCUT2D eigenvalue weighted by atomic mass is 16.3. The molecule has 0 heterocycles. The van der Waals surface area contributed by atoms with Crippen LogP contribution in [0.4, 0.5) is 5.69 Å². The van der Waals surface area contributed by atoms with E-state index in [1.54, 1.807) is 0 Å². The van der Waals surface area contributed by atoms with Gasteiger partial charge in [0.05, 0.1) is 6.10 Å². The van der Waals surface area contributed by atoms with E-state index in [0.29, 0.717) is 19.0 Å². The summed E-state index contributed by atoms with van der Waals surface area (Å²) in [5.41, 5.74) is 7.45. The molecule has 0 aliphatic heterocycles. The van der Waals surface area contributed by atoms with Gasteiger partial charge in [-0.2, -0.15) is 0 Å². The average Bonchev–Trinajstić information content (AvgIpc) is 2.19. The van der Waals surface area contributed by atoms with Crippen LogP contribution in [0.1, 0.15) is 19.4 Å². The lowest BCUT2D eigenvalue weighted by atomic mass is 10.1. The van der Waals surface area contributed by atoms with Crippen molar-refractivity contribution in [3.63, 3.8) is 0 Å². The van der Waals surface area contributed by atoms with Crippen molar-refractivity contribution in [2.75, 3.05) is 12.3 Å². The van der Waals surface area contributed by atoms with Crippen molar-refractivity contribution in [3.8, 4) is 0 Å². The highest BCUT2D eigenvalue weighted by molar-refractivity contribution is 5.39. The third-order valence-electron chi connectivity index (χ3n) is 2.21. The number of benzene rings is 1. The van der Waals surface area contributed by atoms with Crippen molar-refractivity contribution in [1.82, 2.24) is 5.32 Å². The number of nitrogens with two attached hydrogens (primary N) is 1. The van der Waals surface area contributed by atoms with Crippen molar-refractivity contribution in [1.29, 1.82) is 0 Å². The summed E-state index contributed by atoms with van der Waals surface area (Å²) in [4.78, 5) is 0. The number of hydrogen-bond acceptors (Lipinski definition) is 3. The molecule has 0 aliphatic carbocycles. The average molecular weight is 208 g/mol. The van der Waals surface area contributed by atoms with Crippen LogP contribution in [0.15, 0.2) is 24.3 Å². The standard InChI is InChI=1S/C12H20N2O/c1-9(2)14-8-12(15)7-10-3-5-11(13)6-4-10/h3-6,9,12,14-15H,7-8,13H2,1-2H3. The summed E-state index contributed by atoms with van der Waals surface area (Å²) in [7, 11) is 0. The molecular weight excluding hydrogens is 188 g/mol. The van der Waals surface area contributed by atoms with Crippen molar-refractivity contribution in [2.24, 2.45) is 0 Å². The van der Waals surface area contributed by atoms with Crippen LogP contribution in [-0.4, -0.2) is 23.8 Å².